The predicted molar refractivity (Wildman–Crippen MR) is 133 cm³/mol. The van der Waals surface area contributed by atoms with Crippen LogP contribution < -0.4 is 5.32 Å². The Balaban J connectivity index is 1.89. The Bertz CT molecular complexity index is 758. The van der Waals surface area contributed by atoms with Crippen LogP contribution in [0.3, 0.4) is 0 Å². The molecule has 35 heavy (non-hydrogen) atoms. The third kappa shape index (κ3) is 7.31. The van der Waals surface area contributed by atoms with Crippen molar-refractivity contribution in [2.45, 2.75) is 70.9 Å². The second kappa shape index (κ2) is 14.2. The van der Waals surface area contributed by atoms with Gasteiger partial charge >= 0.3 is 6.09 Å². The van der Waals surface area contributed by atoms with E-state index in [1.54, 1.807) is 6.92 Å². The van der Waals surface area contributed by atoms with Crippen LogP contribution in [0.15, 0.2) is 4.99 Å². The number of nitrogens with one attached hydrogen (secondary N) is 1. The van der Waals surface area contributed by atoms with Crippen LogP contribution in [0.2, 0.25) is 0 Å². The summed E-state index contributed by atoms with van der Waals surface area (Å²) < 4.78 is 10.7. The Hall–Kier alpha value is -2.38. The molecule has 0 spiro atoms. The summed E-state index contributed by atoms with van der Waals surface area (Å²) in [4.78, 5) is 37.1. The van der Waals surface area contributed by atoms with Gasteiger partial charge in [-0.15, -0.1) is 4.99 Å². The summed E-state index contributed by atoms with van der Waals surface area (Å²) in [6, 6.07) is 2.34. The van der Waals surface area contributed by atoms with Gasteiger partial charge in [-0.25, -0.2) is 4.79 Å². The molecule has 1 saturated carbocycles. The van der Waals surface area contributed by atoms with Crippen molar-refractivity contribution < 1.29 is 19.1 Å². The lowest BCUT2D eigenvalue weighted by Crippen LogP contribution is -2.58. The fourth-order valence-corrected chi connectivity index (χ4v) is 5.59. The second-order valence-electron chi connectivity index (χ2n) is 9.38. The molecule has 0 bridgehead atoms. The molecule has 1 N–H and O–H groups in total. The fraction of sp³-hybridized carbons (Fsp3) is 0.840. The molecule has 2 heterocycles. The SMILES string of the molecule is CCOC(=O)N=C(N1CCOCC1)N(CC)C1CCCCC1C(=O)N(CCC#N)C1CCNCC1. The van der Waals surface area contributed by atoms with Gasteiger partial charge in [0.05, 0.1) is 38.2 Å². The van der Waals surface area contributed by atoms with Crippen molar-refractivity contribution in [3.8, 4) is 6.07 Å². The maximum absolute atomic E-state index is 14.1. The number of guanidine groups is 1. The molecule has 0 radical (unpaired) electrons. The van der Waals surface area contributed by atoms with Gasteiger partial charge in [0.25, 0.3) is 0 Å². The Kier molecular flexibility index (Phi) is 11.1. The maximum Gasteiger partial charge on any atom is 0.436 e. The van der Waals surface area contributed by atoms with Gasteiger partial charge in [0.15, 0.2) is 0 Å². The minimum absolute atomic E-state index is 0.0522. The van der Waals surface area contributed by atoms with E-state index in [-0.39, 0.29) is 30.5 Å². The smallest absolute Gasteiger partial charge is 0.436 e. The zero-order chi connectivity index (χ0) is 25.0. The number of nitrogens with zero attached hydrogens (tertiary/aromatic N) is 5. The fourth-order valence-electron chi connectivity index (χ4n) is 5.59. The molecule has 2 unspecified atom stereocenters. The molecule has 0 aromatic carbocycles. The summed E-state index contributed by atoms with van der Waals surface area (Å²) in [5.74, 6) is 0.544. The van der Waals surface area contributed by atoms with Gasteiger partial charge in [-0.05, 0) is 52.6 Å². The molecular weight excluding hydrogens is 448 g/mol. The highest BCUT2D eigenvalue weighted by Gasteiger charge is 2.40. The van der Waals surface area contributed by atoms with Crippen molar-refractivity contribution in [2.24, 2.45) is 10.9 Å². The Morgan fingerprint density at radius 1 is 1.11 bits per heavy atom. The first kappa shape index (κ1) is 27.2. The Labute approximate surface area is 209 Å². The highest BCUT2D eigenvalue weighted by Crippen LogP contribution is 2.32. The van der Waals surface area contributed by atoms with E-state index < -0.39 is 6.09 Å². The lowest BCUT2D eigenvalue weighted by Gasteiger charge is -2.46. The number of hydrogen-bond acceptors (Lipinski definition) is 6. The minimum atomic E-state index is -0.600. The number of aliphatic imine (C=N–C) groups is 1. The number of morpholine rings is 1. The second-order valence-corrected chi connectivity index (χ2v) is 9.38. The molecule has 0 aromatic rings. The molecule has 2 atom stereocenters. The zero-order valence-corrected chi connectivity index (χ0v) is 21.4. The van der Waals surface area contributed by atoms with Crippen molar-refractivity contribution in [1.82, 2.24) is 20.0 Å². The third-order valence-electron chi connectivity index (χ3n) is 7.29. The summed E-state index contributed by atoms with van der Waals surface area (Å²) in [5, 5.41) is 12.6. The van der Waals surface area contributed by atoms with Crippen LogP contribution >= 0.6 is 0 Å². The van der Waals surface area contributed by atoms with Gasteiger partial charge in [-0.1, -0.05) is 12.8 Å². The first-order valence-corrected chi connectivity index (χ1v) is 13.3. The molecule has 3 fully saturated rings. The number of ether oxygens (including phenoxy) is 2. The van der Waals surface area contributed by atoms with Crippen LogP contribution in [0.5, 0.6) is 0 Å². The van der Waals surface area contributed by atoms with Gasteiger partial charge in [-0.2, -0.15) is 5.26 Å². The number of amides is 2. The van der Waals surface area contributed by atoms with Gasteiger partial charge in [0, 0.05) is 38.3 Å². The molecule has 2 aliphatic heterocycles. The molecule has 10 nitrogen and oxygen atoms in total. The molecule has 196 valence electrons. The highest BCUT2D eigenvalue weighted by atomic mass is 16.5. The number of carbonyl (C=O) groups excluding carboxylic acids is 2. The van der Waals surface area contributed by atoms with Crippen LogP contribution in [-0.4, -0.2) is 104 Å². The summed E-state index contributed by atoms with van der Waals surface area (Å²) in [7, 11) is 0. The van der Waals surface area contributed by atoms with E-state index in [1.807, 2.05) is 4.90 Å². The topological polar surface area (TPSA) is 110 Å². The lowest BCUT2D eigenvalue weighted by atomic mass is 9.82. The van der Waals surface area contributed by atoms with Crippen molar-refractivity contribution in [2.75, 3.05) is 59.1 Å². The first-order chi connectivity index (χ1) is 17.1. The van der Waals surface area contributed by atoms with E-state index in [2.05, 4.69) is 33.1 Å². The Morgan fingerprint density at radius 2 is 1.83 bits per heavy atom. The van der Waals surface area contributed by atoms with Crippen molar-refractivity contribution in [1.29, 1.82) is 5.26 Å². The van der Waals surface area contributed by atoms with Crippen molar-refractivity contribution in [3.63, 3.8) is 0 Å². The van der Waals surface area contributed by atoms with Crippen molar-refractivity contribution in [3.05, 3.63) is 0 Å². The average Bonchev–Trinajstić information content (AvgIpc) is 2.90. The summed E-state index contributed by atoms with van der Waals surface area (Å²) in [5.41, 5.74) is 0. The van der Waals surface area contributed by atoms with Crippen LogP contribution in [0.25, 0.3) is 0 Å². The summed E-state index contributed by atoms with van der Waals surface area (Å²) in [6.07, 6.45) is 5.28. The van der Waals surface area contributed by atoms with Crippen LogP contribution in [0.4, 0.5) is 4.79 Å². The van der Waals surface area contributed by atoms with E-state index in [0.29, 0.717) is 51.8 Å². The zero-order valence-electron chi connectivity index (χ0n) is 21.4. The van der Waals surface area contributed by atoms with Gasteiger partial charge in [0.1, 0.15) is 0 Å². The number of nitriles is 1. The first-order valence-electron chi connectivity index (χ1n) is 13.3. The normalized spacial score (nSPS) is 23.9. The quantitative estimate of drug-likeness (QED) is 0.427. The third-order valence-corrected chi connectivity index (χ3v) is 7.29. The minimum Gasteiger partial charge on any atom is -0.448 e. The van der Waals surface area contributed by atoms with Gasteiger partial charge in [-0.3, -0.25) is 4.79 Å². The van der Waals surface area contributed by atoms with Gasteiger partial charge in [0.2, 0.25) is 11.9 Å². The molecule has 2 saturated heterocycles. The van der Waals surface area contributed by atoms with Gasteiger partial charge < -0.3 is 29.5 Å². The average molecular weight is 491 g/mol. The molecule has 1 aliphatic carbocycles. The number of carbonyl (C=O) groups is 2. The highest BCUT2D eigenvalue weighted by molar-refractivity contribution is 5.91. The van der Waals surface area contributed by atoms with Crippen LogP contribution in [-0.2, 0) is 14.3 Å². The van der Waals surface area contributed by atoms with Crippen molar-refractivity contribution >= 4 is 18.0 Å². The molecule has 2 amide bonds. The predicted octanol–water partition coefficient (Wildman–Crippen LogP) is 2.21. The van der Waals surface area contributed by atoms with E-state index in [4.69, 9.17) is 9.47 Å². The summed E-state index contributed by atoms with van der Waals surface area (Å²) >= 11 is 0. The lowest BCUT2D eigenvalue weighted by molar-refractivity contribution is -0.141. The molecule has 3 aliphatic rings. The molecule has 10 heteroatoms. The van der Waals surface area contributed by atoms with E-state index >= 15 is 0 Å². The van der Waals surface area contributed by atoms with E-state index in [0.717, 1.165) is 51.6 Å². The number of rotatable bonds is 7. The van der Waals surface area contributed by atoms with Crippen LogP contribution in [0, 0.1) is 17.2 Å². The standard InChI is InChI=1S/C25H42N6O4/c1-3-30(24(28-25(33)35-4-2)29-16-18-34-19-17-29)22-9-6-5-8-21(22)23(32)31(15-7-12-26)20-10-13-27-14-11-20/h20-22,27H,3-11,13-19H2,1-2H3. The number of hydrogen-bond donors (Lipinski definition) is 1. The monoisotopic (exact) mass is 490 g/mol. The van der Waals surface area contributed by atoms with Crippen LogP contribution in [0.1, 0.15) is 58.8 Å². The largest absolute Gasteiger partial charge is 0.448 e. The molecular formula is C25H42N6O4. The van der Waals surface area contributed by atoms with E-state index in [9.17, 15) is 14.9 Å². The Morgan fingerprint density at radius 3 is 2.49 bits per heavy atom. The summed E-state index contributed by atoms with van der Waals surface area (Å²) in [6.45, 7) is 9.41. The number of piperidine rings is 1. The van der Waals surface area contributed by atoms with E-state index in [1.165, 1.54) is 0 Å². The molecule has 3 rings (SSSR count). The maximum atomic E-state index is 14.1. The molecule has 0 aromatic heterocycles.